The summed E-state index contributed by atoms with van der Waals surface area (Å²) < 4.78 is 1.22. The maximum atomic E-state index is 2.53. The van der Waals surface area contributed by atoms with Crippen molar-refractivity contribution in [1.82, 2.24) is 0 Å². The van der Waals surface area contributed by atoms with E-state index in [-0.39, 0.29) is 0 Å². The lowest BCUT2D eigenvalue weighted by atomic mass is 10.0. The molecule has 1 aromatic rings. The Balaban J connectivity index is 2.12. The van der Waals surface area contributed by atoms with Crippen LogP contribution in [-0.2, 0) is 0 Å². The number of unbranched alkanes of at least 4 members (excludes halogenated alkanes) is 30. The van der Waals surface area contributed by atoms with Crippen molar-refractivity contribution in [1.29, 1.82) is 0 Å². The zero-order chi connectivity index (χ0) is 33.8. The van der Waals surface area contributed by atoms with E-state index in [0.717, 1.165) is 0 Å². The van der Waals surface area contributed by atoms with Gasteiger partial charge >= 0.3 is 0 Å². The Morgan fingerprint density at radius 2 is 0.660 bits per heavy atom. The second-order valence-electron chi connectivity index (χ2n) is 15.7. The lowest BCUT2D eigenvalue weighted by molar-refractivity contribution is -0.904. The normalized spacial score (nSPS) is 12.1. The minimum Gasteiger partial charge on any atom is -0.323 e. The van der Waals surface area contributed by atoms with Crippen LogP contribution in [0.3, 0.4) is 0 Å². The molecule has 0 radical (unpaired) electrons. The van der Waals surface area contributed by atoms with E-state index in [4.69, 9.17) is 0 Å². The molecule has 0 heterocycles. The SMILES string of the molecule is CCCCCCCCCCCCCCCCCC[N+](C)(C/C=C/c1ccccc1)CCCCCCCCCCCCCCCCCC. The van der Waals surface area contributed by atoms with Crippen molar-refractivity contribution >= 4 is 6.08 Å². The van der Waals surface area contributed by atoms with E-state index in [9.17, 15) is 0 Å². The summed E-state index contributed by atoms with van der Waals surface area (Å²) in [5.41, 5.74) is 1.34. The highest BCUT2D eigenvalue weighted by Crippen LogP contribution is 2.18. The van der Waals surface area contributed by atoms with Crippen molar-refractivity contribution in [2.45, 2.75) is 219 Å². The topological polar surface area (TPSA) is 0 Å². The van der Waals surface area contributed by atoms with Gasteiger partial charge in [-0.1, -0.05) is 230 Å². The molecular formula is C46H86N+. The number of likely N-dealkylation sites (N-methyl/N-ethyl adjacent to an activating group) is 1. The standard InChI is InChI=1S/C46H86N/c1-4-6-8-10-12-14-16-18-20-22-24-26-28-30-32-37-43-47(3,45-39-42-46-40-35-34-36-41-46)44-38-33-31-29-27-25-23-21-19-17-15-13-11-9-7-5-2/h34-36,39-42H,4-33,37-38,43-45H2,1-3H3/q+1/b42-39+. The van der Waals surface area contributed by atoms with E-state index in [1.54, 1.807) is 0 Å². The highest BCUT2D eigenvalue weighted by Gasteiger charge is 2.19. The number of quaternary nitrogens is 1. The van der Waals surface area contributed by atoms with Gasteiger partial charge in [0.25, 0.3) is 0 Å². The Labute approximate surface area is 297 Å². The van der Waals surface area contributed by atoms with Gasteiger partial charge in [0.1, 0.15) is 0 Å². The largest absolute Gasteiger partial charge is 0.323 e. The molecule has 0 unspecified atom stereocenters. The number of rotatable bonds is 37. The Morgan fingerprint density at radius 3 is 0.957 bits per heavy atom. The summed E-state index contributed by atoms with van der Waals surface area (Å²) >= 11 is 0. The molecule has 1 rings (SSSR count). The molecule has 47 heavy (non-hydrogen) atoms. The molecule has 0 aliphatic heterocycles. The summed E-state index contributed by atoms with van der Waals surface area (Å²) in [5, 5.41) is 0. The predicted octanol–water partition coefficient (Wildman–Crippen LogP) is 15.7. The molecule has 1 nitrogen and oxygen atoms in total. The van der Waals surface area contributed by atoms with Crippen LogP contribution in [0, 0.1) is 0 Å². The van der Waals surface area contributed by atoms with E-state index in [2.05, 4.69) is 63.4 Å². The zero-order valence-corrected chi connectivity index (χ0v) is 32.7. The lowest BCUT2D eigenvalue weighted by Gasteiger charge is -2.34. The monoisotopic (exact) mass is 653 g/mol. The van der Waals surface area contributed by atoms with E-state index >= 15 is 0 Å². The molecule has 0 N–H and O–H groups in total. The number of benzene rings is 1. The van der Waals surface area contributed by atoms with Crippen molar-refractivity contribution in [2.75, 3.05) is 26.7 Å². The molecule has 0 bridgehead atoms. The fourth-order valence-electron chi connectivity index (χ4n) is 7.39. The highest BCUT2D eigenvalue weighted by molar-refractivity contribution is 5.48. The van der Waals surface area contributed by atoms with Crippen LogP contribution in [0.5, 0.6) is 0 Å². The van der Waals surface area contributed by atoms with Crippen molar-refractivity contribution in [3.8, 4) is 0 Å². The fourth-order valence-corrected chi connectivity index (χ4v) is 7.39. The molecule has 0 amide bonds. The summed E-state index contributed by atoms with van der Waals surface area (Å²) in [6.45, 7) is 8.48. The van der Waals surface area contributed by atoms with E-state index in [1.807, 2.05) is 0 Å². The second-order valence-corrected chi connectivity index (χ2v) is 15.7. The maximum Gasteiger partial charge on any atom is 0.0974 e. The van der Waals surface area contributed by atoms with Gasteiger partial charge in [-0.2, -0.15) is 0 Å². The van der Waals surface area contributed by atoms with Gasteiger partial charge < -0.3 is 4.48 Å². The van der Waals surface area contributed by atoms with Gasteiger partial charge in [0.15, 0.2) is 0 Å². The van der Waals surface area contributed by atoms with Gasteiger partial charge in [0.2, 0.25) is 0 Å². The highest BCUT2D eigenvalue weighted by atomic mass is 15.3. The van der Waals surface area contributed by atoms with E-state index < -0.39 is 0 Å². The van der Waals surface area contributed by atoms with E-state index in [0.29, 0.717) is 0 Å². The zero-order valence-electron chi connectivity index (χ0n) is 32.7. The average molecular weight is 653 g/mol. The van der Waals surface area contributed by atoms with Crippen LogP contribution in [0.1, 0.15) is 225 Å². The van der Waals surface area contributed by atoms with Crippen molar-refractivity contribution < 1.29 is 4.48 Å². The average Bonchev–Trinajstić information content (AvgIpc) is 3.08. The van der Waals surface area contributed by atoms with Crippen molar-refractivity contribution in [3.63, 3.8) is 0 Å². The molecule has 274 valence electrons. The van der Waals surface area contributed by atoms with Crippen LogP contribution in [0.2, 0.25) is 0 Å². The second kappa shape index (κ2) is 34.8. The van der Waals surface area contributed by atoms with Crippen LogP contribution in [-0.4, -0.2) is 31.2 Å². The van der Waals surface area contributed by atoms with Crippen LogP contribution in [0.15, 0.2) is 36.4 Å². The van der Waals surface area contributed by atoms with Gasteiger partial charge in [-0.05, 0) is 37.3 Å². The van der Waals surface area contributed by atoms with Crippen LogP contribution in [0.4, 0.5) is 0 Å². The third kappa shape index (κ3) is 30.7. The summed E-state index contributed by atoms with van der Waals surface area (Å²) in [5.74, 6) is 0. The van der Waals surface area contributed by atoms with Crippen molar-refractivity contribution in [3.05, 3.63) is 42.0 Å². The Kier molecular flexibility index (Phi) is 32.5. The van der Waals surface area contributed by atoms with Gasteiger partial charge in [0.05, 0.1) is 26.7 Å². The van der Waals surface area contributed by atoms with Crippen LogP contribution in [0.25, 0.3) is 6.08 Å². The number of hydrogen-bond donors (Lipinski definition) is 0. The molecule has 0 saturated carbocycles. The molecule has 0 aliphatic carbocycles. The van der Waals surface area contributed by atoms with Crippen LogP contribution < -0.4 is 0 Å². The molecule has 0 aliphatic rings. The molecule has 0 fully saturated rings. The van der Waals surface area contributed by atoms with Gasteiger partial charge in [0, 0.05) is 0 Å². The van der Waals surface area contributed by atoms with Crippen molar-refractivity contribution in [2.24, 2.45) is 0 Å². The van der Waals surface area contributed by atoms with Crippen LogP contribution >= 0.6 is 0 Å². The summed E-state index contributed by atoms with van der Waals surface area (Å²) in [6, 6.07) is 10.9. The smallest absolute Gasteiger partial charge is 0.0974 e. The summed E-state index contributed by atoms with van der Waals surface area (Å²) in [6.07, 6.45) is 51.2. The number of nitrogens with zero attached hydrogens (tertiary/aromatic N) is 1. The first-order valence-electron chi connectivity index (χ1n) is 21.8. The molecule has 0 spiro atoms. The van der Waals surface area contributed by atoms with Gasteiger partial charge in [-0.15, -0.1) is 0 Å². The third-order valence-corrected chi connectivity index (χ3v) is 10.8. The molecule has 1 heteroatoms. The summed E-state index contributed by atoms with van der Waals surface area (Å²) in [7, 11) is 2.53. The molecule has 1 aromatic carbocycles. The van der Waals surface area contributed by atoms with Gasteiger partial charge in [-0.3, -0.25) is 0 Å². The quantitative estimate of drug-likeness (QED) is 0.0495. The number of hydrogen-bond acceptors (Lipinski definition) is 0. The molecule has 0 saturated heterocycles. The third-order valence-electron chi connectivity index (χ3n) is 10.8. The Bertz CT molecular complexity index is 716. The maximum absolute atomic E-state index is 2.53. The molecule has 0 aromatic heterocycles. The predicted molar refractivity (Wildman–Crippen MR) is 215 cm³/mol. The Morgan fingerprint density at radius 1 is 0.383 bits per heavy atom. The summed E-state index contributed by atoms with van der Waals surface area (Å²) in [4.78, 5) is 0. The molecule has 0 atom stereocenters. The lowest BCUT2D eigenvalue weighted by Crippen LogP contribution is -2.45. The minimum absolute atomic E-state index is 1.17. The van der Waals surface area contributed by atoms with Gasteiger partial charge in [-0.25, -0.2) is 0 Å². The Hall–Kier alpha value is -1.08. The molecular weight excluding hydrogens is 567 g/mol. The van der Waals surface area contributed by atoms with E-state index in [1.165, 1.54) is 235 Å². The minimum atomic E-state index is 1.17. The first-order chi connectivity index (χ1) is 23.2. The first kappa shape index (κ1) is 43.9. The first-order valence-corrected chi connectivity index (χ1v) is 21.8. The fraction of sp³-hybridized carbons (Fsp3) is 0.826.